The largest absolute Gasteiger partial charge is 0.371 e. The van der Waals surface area contributed by atoms with Crippen LogP contribution in [0.2, 0.25) is 0 Å². The first kappa shape index (κ1) is 15.8. The molecule has 1 aliphatic rings. The highest BCUT2D eigenvalue weighted by atomic mass is 79.9. The van der Waals surface area contributed by atoms with E-state index in [4.69, 9.17) is 0 Å². The number of halogens is 1. The first-order valence-corrected chi connectivity index (χ1v) is 8.60. The third-order valence-electron chi connectivity index (χ3n) is 4.48. The van der Waals surface area contributed by atoms with Crippen molar-refractivity contribution >= 4 is 21.6 Å². The Bertz CT molecular complexity index is 445. The van der Waals surface area contributed by atoms with Crippen molar-refractivity contribution in [3.05, 3.63) is 28.2 Å². The van der Waals surface area contributed by atoms with Crippen molar-refractivity contribution in [2.45, 2.75) is 40.2 Å². The molecule has 0 aromatic heterocycles. The van der Waals surface area contributed by atoms with E-state index in [9.17, 15) is 0 Å². The Kier molecular flexibility index (Phi) is 5.50. The predicted octanol–water partition coefficient (Wildman–Crippen LogP) is 4.60. The summed E-state index contributed by atoms with van der Waals surface area (Å²) < 4.78 is 1.17. The van der Waals surface area contributed by atoms with E-state index in [0.717, 1.165) is 18.4 Å². The van der Waals surface area contributed by atoms with E-state index in [1.165, 1.54) is 35.2 Å². The van der Waals surface area contributed by atoms with E-state index in [1.807, 2.05) is 0 Å². The molecule has 1 N–H and O–H groups in total. The summed E-state index contributed by atoms with van der Waals surface area (Å²) in [7, 11) is 0. The van der Waals surface area contributed by atoms with Gasteiger partial charge in [-0.05, 0) is 49.4 Å². The normalized spacial score (nSPS) is 20.7. The van der Waals surface area contributed by atoms with Crippen molar-refractivity contribution < 1.29 is 0 Å². The van der Waals surface area contributed by atoms with E-state index in [0.29, 0.717) is 6.04 Å². The Morgan fingerprint density at radius 3 is 2.70 bits per heavy atom. The molecular formula is C17H27BrN2. The summed E-state index contributed by atoms with van der Waals surface area (Å²) >= 11 is 3.63. The average molecular weight is 339 g/mol. The molecule has 1 heterocycles. The predicted molar refractivity (Wildman–Crippen MR) is 91.4 cm³/mol. The SMILES string of the molecule is CCNC(C)c1ccc(Br)cc1N1CCC(C(C)C)C1. The molecule has 0 spiro atoms. The third-order valence-corrected chi connectivity index (χ3v) is 4.97. The van der Waals surface area contributed by atoms with Crippen LogP contribution in [0.25, 0.3) is 0 Å². The first-order valence-electron chi connectivity index (χ1n) is 7.80. The lowest BCUT2D eigenvalue weighted by Gasteiger charge is -2.26. The maximum Gasteiger partial charge on any atom is 0.0426 e. The summed E-state index contributed by atoms with van der Waals surface area (Å²) in [5, 5.41) is 3.54. The minimum Gasteiger partial charge on any atom is -0.371 e. The Morgan fingerprint density at radius 2 is 2.10 bits per heavy atom. The number of anilines is 1. The molecule has 1 saturated heterocycles. The van der Waals surface area contributed by atoms with E-state index < -0.39 is 0 Å². The molecule has 1 aliphatic heterocycles. The molecule has 20 heavy (non-hydrogen) atoms. The van der Waals surface area contributed by atoms with Gasteiger partial charge in [0.15, 0.2) is 0 Å². The topological polar surface area (TPSA) is 15.3 Å². The van der Waals surface area contributed by atoms with Crippen LogP contribution in [-0.4, -0.2) is 19.6 Å². The Hall–Kier alpha value is -0.540. The van der Waals surface area contributed by atoms with E-state index in [-0.39, 0.29) is 0 Å². The van der Waals surface area contributed by atoms with Gasteiger partial charge in [0.1, 0.15) is 0 Å². The number of rotatable bonds is 5. The van der Waals surface area contributed by atoms with Gasteiger partial charge in [-0.1, -0.05) is 42.8 Å². The summed E-state index contributed by atoms with van der Waals surface area (Å²) in [6.07, 6.45) is 1.32. The highest BCUT2D eigenvalue weighted by Gasteiger charge is 2.27. The van der Waals surface area contributed by atoms with Gasteiger partial charge in [0.05, 0.1) is 0 Å². The zero-order valence-corrected chi connectivity index (χ0v) is 14.7. The quantitative estimate of drug-likeness (QED) is 0.843. The molecule has 3 heteroatoms. The van der Waals surface area contributed by atoms with Gasteiger partial charge in [0, 0.05) is 29.3 Å². The number of nitrogens with one attached hydrogen (secondary N) is 1. The molecular weight excluding hydrogens is 312 g/mol. The second-order valence-corrected chi connectivity index (χ2v) is 7.14. The van der Waals surface area contributed by atoms with E-state index in [1.54, 1.807) is 0 Å². The number of nitrogens with zero attached hydrogens (tertiary/aromatic N) is 1. The lowest BCUT2D eigenvalue weighted by atomic mass is 9.95. The van der Waals surface area contributed by atoms with Gasteiger partial charge in [-0.25, -0.2) is 0 Å². The molecule has 2 atom stereocenters. The summed E-state index contributed by atoms with van der Waals surface area (Å²) in [6, 6.07) is 7.10. The molecule has 0 amide bonds. The van der Waals surface area contributed by atoms with Gasteiger partial charge in [-0.3, -0.25) is 0 Å². The van der Waals surface area contributed by atoms with Crippen LogP contribution in [0.5, 0.6) is 0 Å². The smallest absolute Gasteiger partial charge is 0.0426 e. The molecule has 2 unspecified atom stereocenters. The summed E-state index contributed by atoms with van der Waals surface area (Å²) in [4.78, 5) is 2.57. The van der Waals surface area contributed by atoms with Gasteiger partial charge in [-0.15, -0.1) is 0 Å². The molecule has 112 valence electrons. The lowest BCUT2D eigenvalue weighted by Crippen LogP contribution is -2.25. The van der Waals surface area contributed by atoms with Crippen LogP contribution in [-0.2, 0) is 0 Å². The molecule has 1 aromatic rings. The van der Waals surface area contributed by atoms with Crippen LogP contribution in [0, 0.1) is 11.8 Å². The summed E-state index contributed by atoms with van der Waals surface area (Å²) in [6.45, 7) is 12.5. The van der Waals surface area contributed by atoms with Crippen LogP contribution in [0.15, 0.2) is 22.7 Å². The van der Waals surface area contributed by atoms with Gasteiger partial charge in [0.2, 0.25) is 0 Å². The second-order valence-electron chi connectivity index (χ2n) is 6.22. The Balaban J connectivity index is 2.24. The van der Waals surface area contributed by atoms with E-state index >= 15 is 0 Å². The minimum atomic E-state index is 0.404. The molecule has 1 fully saturated rings. The monoisotopic (exact) mass is 338 g/mol. The first-order chi connectivity index (χ1) is 9.52. The van der Waals surface area contributed by atoms with Crippen molar-refractivity contribution in [2.75, 3.05) is 24.5 Å². The molecule has 2 rings (SSSR count). The maximum atomic E-state index is 3.63. The number of hydrogen-bond donors (Lipinski definition) is 1. The highest BCUT2D eigenvalue weighted by molar-refractivity contribution is 9.10. The lowest BCUT2D eigenvalue weighted by molar-refractivity contribution is 0.422. The molecule has 0 saturated carbocycles. The fourth-order valence-electron chi connectivity index (χ4n) is 3.12. The van der Waals surface area contributed by atoms with Gasteiger partial charge in [-0.2, -0.15) is 0 Å². The fourth-order valence-corrected chi connectivity index (χ4v) is 3.47. The van der Waals surface area contributed by atoms with Crippen LogP contribution >= 0.6 is 15.9 Å². The zero-order chi connectivity index (χ0) is 14.7. The Morgan fingerprint density at radius 1 is 1.35 bits per heavy atom. The minimum absolute atomic E-state index is 0.404. The summed E-state index contributed by atoms with van der Waals surface area (Å²) in [5.41, 5.74) is 2.82. The average Bonchev–Trinajstić information content (AvgIpc) is 2.88. The van der Waals surface area contributed by atoms with Crippen LogP contribution in [0.3, 0.4) is 0 Å². The van der Waals surface area contributed by atoms with Crippen molar-refractivity contribution in [2.24, 2.45) is 11.8 Å². The fraction of sp³-hybridized carbons (Fsp3) is 0.647. The molecule has 0 radical (unpaired) electrons. The van der Waals surface area contributed by atoms with Crippen LogP contribution < -0.4 is 10.2 Å². The maximum absolute atomic E-state index is 3.63. The molecule has 0 aliphatic carbocycles. The van der Waals surface area contributed by atoms with Crippen molar-refractivity contribution in [3.63, 3.8) is 0 Å². The highest BCUT2D eigenvalue weighted by Crippen LogP contribution is 2.34. The molecule has 2 nitrogen and oxygen atoms in total. The molecule has 0 bridgehead atoms. The van der Waals surface area contributed by atoms with E-state index in [2.05, 4.69) is 72.0 Å². The second kappa shape index (κ2) is 6.95. The van der Waals surface area contributed by atoms with Crippen molar-refractivity contribution in [1.29, 1.82) is 0 Å². The van der Waals surface area contributed by atoms with Crippen molar-refractivity contribution in [1.82, 2.24) is 5.32 Å². The molecule has 1 aromatic carbocycles. The summed E-state index contributed by atoms with van der Waals surface area (Å²) in [5.74, 6) is 1.61. The third kappa shape index (κ3) is 3.56. The standard InChI is InChI=1S/C17H27BrN2/c1-5-19-13(4)16-7-6-15(18)10-17(16)20-9-8-14(11-20)12(2)3/h6-7,10,12-14,19H,5,8-9,11H2,1-4H3. The number of hydrogen-bond acceptors (Lipinski definition) is 2. The van der Waals surface area contributed by atoms with Gasteiger partial charge in [0.25, 0.3) is 0 Å². The zero-order valence-electron chi connectivity index (χ0n) is 13.1. The van der Waals surface area contributed by atoms with Gasteiger partial charge < -0.3 is 10.2 Å². The van der Waals surface area contributed by atoms with Crippen LogP contribution in [0.1, 0.15) is 45.7 Å². The van der Waals surface area contributed by atoms with Crippen LogP contribution in [0.4, 0.5) is 5.69 Å². The Labute approximate surface area is 132 Å². The van der Waals surface area contributed by atoms with Crippen molar-refractivity contribution in [3.8, 4) is 0 Å². The van der Waals surface area contributed by atoms with Gasteiger partial charge >= 0.3 is 0 Å². The number of benzene rings is 1.